The van der Waals surface area contributed by atoms with Crippen LogP contribution in [0.25, 0.3) is 22.2 Å². The zero-order valence-electron chi connectivity index (χ0n) is 19.4. The number of para-hydroxylation sites is 1. The molecule has 4 nitrogen and oxygen atoms in total. The van der Waals surface area contributed by atoms with Gasteiger partial charge in [0.25, 0.3) is 5.91 Å². The van der Waals surface area contributed by atoms with Crippen LogP contribution in [0, 0.1) is 13.8 Å². The van der Waals surface area contributed by atoms with Crippen LogP contribution < -0.4 is 10.1 Å². The molecule has 0 saturated carbocycles. The van der Waals surface area contributed by atoms with Gasteiger partial charge in [-0.15, -0.1) is 0 Å². The maximum atomic E-state index is 13.5. The number of carbonyl (C=O) groups is 1. The highest BCUT2D eigenvalue weighted by molar-refractivity contribution is 6.32. The van der Waals surface area contributed by atoms with Gasteiger partial charge in [-0.1, -0.05) is 65.7 Å². The summed E-state index contributed by atoms with van der Waals surface area (Å²) in [5.74, 6) is 1.01. The molecule has 0 fully saturated rings. The van der Waals surface area contributed by atoms with Crippen molar-refractivity contribution < 1.29 is 9.53 Å². The molecule has 172 valence electrons. The lowest BCUT2D eigenvalue weighted by Crippen LogP contribution is -2.13. The Hall–Kier alpha value is -4.15. The summed E-state index contributed by atoms with van der Waals surface area (Å²) in [6.45, 7) is 4.05. The highest BCUT2D eigenvalue weighted by Gasteiger charge is 2.16. The Morgan fingerprint density at radius 2 is 1.57 bits per heavy atom. The van der Waals surface area contributed by atoms with E-state index >= 15 is 0 Å². The summed E-state index contributed by atoms with van der Waals surface area (Å²) in [5.41, 5.74) is 5.91. The molecule has 5 aromatic rings. The summed E-state index contributed by atoms with van der Waals surface area (Å²) < 4.78 is 5.85. The Bertz CT molecular complexity index is 1530. The molecule has 0 aliphatic carbocycles. The Kier molecular flexibility index (Phi) is 6.21. The van der Waals surface area contributed by atoms with Crippen molar-refractivity contribution in [1.29, 1.82) is 0 Å². The van der Waals surface area contributed by atoms with Crippen LogP contribution in [0.1, 0.15) is 21.5 Å². The zero-order chi connectivity index (χ0) is 24.4. The van der Waals surface area contributed by atoms with Crippen molar-refractivity contribution in [3.05, 3.63) is 119 Å². The lowest BCUT2D eigenvalue weighted by atomic mass is 9.99. The maximum absolute atomic E-state index is 13.5. The van der Waals surface area contributed by atoms with Crippen LogP contribution in [0.5, 0.6) is 11.5 Å². The number of nitrogens with one attached hydrogen (secondary N) is 1. The first-order valence-electron chi connectivity index (χ1n) is 11.3. The zero-order valence-corrected chi connectivity index (χ0v) is 20.1. The van der Waals surface area contributed by atoms with Crippen molar-refractivity contribution in [2.24, 2.45) is 0 Å². The average molecular weight is 479 g/mol. The summed E-state index contributed by atoms with van der Waals surface area (Å²) in [5, 5.41) is 4.39. The van der Waals surface area contributed by atoms with Crippen LogP contribution in [0.4, 0.5) is 5.69 Å². The van der Waals surface area contributed by atoms with Gasteiger partial charge in [0.2, 0.25) is 0 Å². The number of nitrogens with zero attached hydrogens (tertiary/aromatic N) is 1. The van der Waals surface area contributed by atoms with Crippen molar-refractivity contribution in [1.82, 2.24) is 4.98 Å². The number of rotatable bonds is 5. The summed E-state index contributed by atoms with van der Waals surface area (Å²) in [6, 6.07) is 30.4. The molecule has 1 amide bonds. The molecule has 1 aromatic heterocycles. The smallest absolute Gasteiger partial charge is 0.256 e. The normalized spacial score (nSPS) is 10.8. The fourth-order valence-corrected chi connectivity index (χ4v) is 4.26. The number of amides is 1. The molecular weight excluding hydrogens is 456 g/mol. The fourth-order valence-electron chi connectivity index (χ4n) is 4.08. The van der Waals surface area contributed by atoms with E-state index in [-0.39, 0.29) is 5.91 Å². The van der Waals surface area contributed by atoms with Crippen molar-refractivity contribution in [2.75, 3.05) is 5.32 Å². The molecule has 5 rings (SSSR count). The highest BCUT2D eigenvalue weighted by atomic mass is 35.5. The van der Waals surface area contributed by atoms with E-state index in [1.807, 2.05) is 80.6 Å². The van der Waals surface area contributed by atoms with Crippen LogP contribution in [-0.2, 0) is 0 Å². The molecule has 1 heterocycles. The number of carbonyl (C=O) groups excluding carboxylic acids is 1. The standard InChI is InChI=1S/C30H23ClN2O2/c1-19-16-20(2)29-24(17-19)25(18-27(33-29)21-8-4-3-5-9-21)30(34)32-22-12-14-23(15-13-22)35-28-11-7-6-10-26(28)31/h3-18H,1-2H3,(H,32,34). The van der Waals surface area contributed by atoms with Gasteiger partial charge in [0.05, 0.1) is 21.8 Å². The number of fused-ring (bicyclic) bond motifs is 1. The number of anilines is 1. The number of pyridine rings is 1. The minimum absolute atomic E-state index is 0.195. The summed E-state index contributed by atoms with van der Waals surface area (Å²) >= 11 is 6.18. The summed E-state index contributed by atoms with van der Waals surface area (Å²) in [6.07, 6.45) is 0. The lowest BCUT2D eigenvalue weighted by molar-refractivity contribution is 0.102. The van der Waals surface area contributed by atoms with Crippen LogP contribution in [0.3, 0.4) is 0 Å². The second-order valence-corrected chi connectivity index (χ2v) is 8.82. The van der Waals surface area contributed by atoms with Gasteiger partial charge in [0.1, 0.15) is 11.5 Å². The number of aromatic nitrogens is 1. The number of hydrogen-bond acceptors (Lipinski definition) is 3. The number of ether oxygens (including phenoxy) is 1. The first kappa shape index (κ1) is 22.6. The molecule has 4 aromatic carbocycles. The van der Waals surface area contributed by atoms with Gasteiger partial charge >= 0.3 is 0 Å². The predicted molar refractivity (Wildman–Crippen MR) is 143 cm³/mol. The maximum Gasteiger partial charge on any atom is 0.256 e. The molecule has 0 aliphatic rings. The predicted octanol–water partition coefficient (Wildman–Crippen LogP) is 8.22. The summed E-state index contributed by atoms with van der Waals surface area (Å²) in [7, 11) is 0. The van der Waals surface area contributed by atoms with E-state index in [4.69, 9.17) is 21.3 Å². The van der Waals surface area contributed by atoms with Gasteiger partial charge in [0, 0.05) is 16.6 Å². The van der Waals surface area contributed by atoms with Crippen LogP contribution in [0.15, 0.2) is 97.1 Å². The molecular formula is C30H23ClN2O2. The lowest BCUT2D eigenvalue weighted by Gasteiger charge is -2.13. The molecule has 0 bridgehead atoms. The molecule has 1 N–H and O–H groups in total. The van der Waals surface area contributed by atoms with Crippen molar-refractivity contribution in [3.8, 4) is 22.8 Å². The second kappa shape index (κ2) is 9.61. The van der Waals surface area contributed by atoms with Crippen molar-refractivity contribution >= 4 is 34.1 Å². The average Bonchev–Trinajstić information content (AvgIpc) is 2.86. The van der Waals surface area contributed by atoms with E-state index < -0.39 is 0 Å². The van der Waals surface area contributed by atoms with E-state index in [1.165, 1.54) is 0 Å². The topological polar surface area (TPSA) is 51.2 Å². The largest absolute Gasteiger partial charge is 0.456 e. The first-order chi connectivity index (χ1) is 17.0. The van der Waals surface area contributed by atoms with Gasteiger partial charge in [-0.05, 0) is 67.9 Å². The number of benzene rings is 4. The van der Waals surface area contributed by atoms with Crippen LogP contribution in [0.2, 0.25) is 5.02 Å². The van der Waals surface area contributed by atoms with Gasteiger partial charge in [0.15, 0.2) is 0 Å². The quantitative estimate of drug-likeness (QED) is 0.277. The Morgan fingerprint density at radius 1 is 0.857 bits per heavy atom. The third-order valence-electron chi connectivity index (χ3n) is 5.74. The van der Waals surface area contributed by atoms with Gasteiger partial charge in [-0.2, -0.15) is 0 Å². The van der Waals surface area contributed by atoms with E-state index in [2.05, 4.69) is 11.4 Å². The first-order valence-corrected chi connectivity index (χ1v) is 11.7. The Balaban J connectivity index is 1.47. The molecule has 5 heteroatoms. The van der Waals surface area contributed by atoms with E-state index in [9.17, 15) is 4.79 Å². The van der Waals surface area contributed by atoms with Crippen molar-refractivity contribution in [2.45, 2.75) is 13.8 Å². The molecule has 0 aliphatic heterocycles. The third kappa shape index (κ3) is 4.88. The van der Waals surface area contributed by atoms with E-state index in [1.54, 1.807) is 24.3 Å². The SMILES string of the molecule is Cc1cc(C)c2nc(-c3ccccc3)cc(C(=O)Nc3ccc(Oc4ccccc4Cl)cc3)c2c1. The van der Waals surface area contributed by atoms with Crippen LogP contribution in [-0.4, -0.2) is 10.9 Å². The summed E-state index contributed by atoms with van der Waals surface area (Å²) in [4.78, 5) is 18.4. The van der Waals surface area contributed by atoms with Gasteiger partial charge < -0.3 is 10.1 Å². The second-order valence-electron chi connectivity index (χ2n) is 8.41. The fraction of sp³-hybridized carbons (Fsp3) is 0.0667. The molecule has 35 heavy (non-hydrogen) atoms. The molecule has 0 unspecified atom stereocenters. The molecule has 0 radical (unpaired) electrons. The number of halogens is 1. The minimum atomic E-state index is -0.195. The van der Waals surface area contributed by atoms with Gasteiger partial charge in [-0.25, -0.2) is 4.98 Å². The Morgan fingerprint density at radius 3 is 2.31 bits per heavy atom. The van der Waals surface area contributed by atoms with E-state index in [0.717, 1.165) is 33.3 Å². The molecule has 0 spiro atoms. The Labute approximate surface area is 209 Å². The third-order valence-corrected chi connectivity index (χ3v) is 6.05. The monoisotopic (exact) mass is 478 g/mol. The van der Waals surface area contributed by atoms with Gasteiger partial charge in [-0.3, -0.25) is 4.79 Å². The van der Waals surface area contributed by atoms with Crippen molar-refractivity contribution in [3.63, 3.8) is 0 Å². The molecule has 0 atom stereocenters. The highest BCUT2D eigenvalue weighted by Crippen LogP contribution is 2.31. The minimum Gasteiger partial charge on any atom is -0.456 e. The van der Waals surface area contributed by atoms with Crippen LogP contribution >= 0.6 is 11.6 Å². The number of aryl methyl sites for hydroxylation is 2. The molecule has 0 saturated heterocycles. The number of hydrogen-bond donors (Lipinski definition) is 1. The van der Waals surface area contributed by atoms with E-state index in [0.29, 0.717) is 27.8 Å².